The van der Waals surface area contributed by atoms with E-state index in [2.05, 4.69) is 19.1 Å². The van der Waals surface area contributed by atoms with Crippen molar-refractivity contribution in [2.45, 2.75) is 26.2 Å². The predicted octanol–water partition coefficient (Wildman–Crippen LogP) is 3.82. The highest BCUT2D eigenvalue weighted by molar-refractivity contribution is 6.18. The van der Waals surface area contributed by atoms with Gasteiger partial charge in [0.1, 0.15) is 5.75 Å². The molecule has 0 N–H and O–H groups in total. The second-order valence-corrected chi connectivity index (χ2v) is 3.57. The minimum atomic E-state index is 0.465. The Morgan fingerprint density at radius 3 is 2.29 bits per heavy atom. The first-order valence-electron chi connectivity index (χ1n) is 5.10. The van der Waals surface area contributed by atoms with Crippen LogP contribution in [0.4, 0.5) is 0 Å². The molecule has 1 rings (SSSR count). The summed E-state index contributed by atoms with van der Waals surface area (Å²) in [5, 5.41) is 0. The molecule has 14 heavy (non-hydrogen) atoms. The lowest BCUT2D eigenvalue weighted by molar-refractivity contribution is 0.340. The van der Waals surface area contributed by atoms with Gasteiger partial charge in [-0.2, -0.15) is 0 Å². The summed E-state index contributed by atoms with van der Waals surface area (Å²) in [7, 11) is 0. The van der Waals surface area contributed by atoms with E-state index in [-0.39, 0.29) is 0 Å². The lowest BCUT2D eigenvalue weighted by Crippen LogP contribution is -1.99. The van der Waals surface area contributed by atoms with Crippen molar-refractivity contribution in [2.75, 3.05) is 12.5 Å². The zero-order valence-corrected chi connectivity index (χ0v) is 9.55. The molecule has 0 aliphatic heterocycles. The Morgan fingerprint density at radius 2 is 1.86 bits per heavy atom. The van der Waals surface area contributed by atoms with Gasteiger partial charge in [0.2, 0.25) is 0 Å². The van der Waals surface area contributed by atoms with Crippen molar-refractivity contribution in [1.82, 2.24) is 0 Å². The third-order valence-corrected chi connectivity index (χ3v) is 2.71. The molecule has 0 heterocycles. The molecule has 0 saturated carbocycles. The van der Waals surface area contributed by atoms with Crippen LogP contribution in [0.1, 0.15) is 31.7 Å². The van der Waals surface area contributed by atoms with Crippen LogP contribution in [0, 0.1) is 0 Å². The van der Waals surface area contributed by atoms with Crippen LogP contribution in [-0.2, 0) is 0 Å². The fourth-order valence-electron chi connectivity index (χ4n) is 1.44. The van der Waals surface area contributed by atoms with Crippen LogP contribution in [0.5, 0.6) is 5.75 Å². The molecule has 78 valence electrons. The first-order valence-corrected chi connectivity index (χ1v) is 5.64. The van der Waals surface area contributed by atoms with E-state index < -0.39 is 0 Å². The van der Waals surface area contributed by atoms with Gasteiger partial charge in [-0.05, 0) is 37.0 Å². The van der Waals surface area contributed by atoms with Crippen LogP contribution in [0.3, 0.4) is 0 Å². The smallest absolute Gasteiger partial charge is 0.119 e. The van der Waals surface area contributed by atoms with E-state index in [4.69, 9.17) is 16.3 Å². The quantitative estimate of drug-likeness (QED) is 0.675. The van der Waals surface area contributed by atoms with Gasteiger partial charge in [-0.15, -0.1) is 11.6 Å². The molecule has 0 bridgehead atoms. The van der Waals surface area contributed by atoms with Gasteiger partial charge in [-0.1, -0.05) is 19.1 Å². The van der Waals surface area contributed by atoms with Crippen LogP contribution in [0.25, 0.3) is 0 Å². The summed E-state index contributed by atoms with van der Waals surface area (Å²) in [6.45, 7) is 4.86. The van der Waals surface area contributed by atoms with Crippen molar-refractivity contribution in [2.24, 2.45) is 0 Å². The second-order valence-electron chi connectivity index (χ2n) is 3.26. The van der Waals surface area contributed by atoms with Crippen molar-refractivity contribution >= 4 is 11.6 Å². The van der Waals surface area contributed by atoms with E-state index in [9.17, 15) is 0 Å². The van der Waals surface area contributed by atoms with E-state index in [1.54, 1.807) is 0 Å². The average molecular weight is 213 g/mol. The van der Waals surface area contributed by atoms with Gasteiger partial charge in [0, 0.05) is 5.88 Å². The minimum Gasteiger partial charge on any atom is -0.494 e. The monoisotopic (exact) mass is 212 g/mol. The fourth-order valence-corrected chi connectivity index (χ4v) is 1.83. The van der Waals surface area contributed by atoms with E-state index >= 15 is 0 Å². The number of ether oxygens (including phenoxy) is 1. The zero-order chi connectivity index (χ0) is 10.4. The van der Waals surface area contributed by atoms with Gasteiger partial charge in [0.25, 0.3) is 0 Å². The minimum absolute atomic E-state index is 0.465. The maximum absolute atomic E-state index is 5.87. The average Bonchev–Trinajstić information content (AvgIpc) is 2.23. The van der Waals surface area contributed by atoms with Crippen molar-refractivity contribution in [3.05, 3.63) is 29.8 Å². The molecule has 2 heteroatoms. The standard InChI is InChI=1S/C12H17ClO/c1-3-10(9-13)11-5-7-12(8-6-11)14-4-2/h5-8,10H,3-4,9H2,1-2H3. The SMILES string of the molecule is CCOc1ccc(C(CC)CCl)cc1. The predicted molar refractivity (Wildman–Crippen MR) is 61.4 cm³/mol. The number of hydrogen-bond acceptors (Lipinski definition) is 1. The summed E-state index contributed by atoms with van der Waals surface area (Å²) in [6, 6.07) is 8.21. The van der Waals surface area contributed by atoms with Crippen molar-refractivity contribution in [3.63, 3.8) is 0 Å². The molecule has 1 atom stereocenters. The van der Waals surface area contributed by atoms with Gasteiger partial charge in [0.15, 0.2) is 0 Å². The third kappa shape index (κ3) is 2.91. The number of hydrogen-bond donors (Lipinski definition) is 0. The maximum Gasteiger partial charge on any atom is 0.119 e. The Labute approximate surface area is 91.0 Å². The van der Waals surface area contributed by atoms with Crippen LogP contribution >= 0.6 is 11.6 Å². The molecule has 0 aliphatic rings. The highest BCUT2D eigenvalue weighted by atomic mass is 35.5. The van der Waals surface area contributed by atoms with Crippen molar-refractivity contribution in [1.29, 1.82) is 0 Å². The number of halogens is 1. The molecule has 0 aliphatic carbocycles. The third-order valence-electron chi connectivity index (χ3n) is 2.34. The number of rotatable bonds is 5. The summed E-state index contributed by atoms with van der Waals surface area (Å²) in [4.78, 5) is 0. The molecule has 0 aromatic heterocycles. The largest absolute Gasteiger partial charge is 0.494 e. The van der Waals surface area contributed by atoms with Crippen LogP contribution in [0.15, 0.2) is 24.3 Å². The molecule has 1 nitrogen and oxygen atoms in total. The Kier molecular flexibility index (Phi) is 4.81. The highest BCUT2D eigenvalue weighted by Gasteiger charge is 2.07. The highest BCUT2D eigenvalue weighted by Crippen LogP contribution is 2.23. The summed E-state index contributed by atoms with van der Waals surface area (Å²) in [5.74, 6) is 2.08. The van der Waals surface area contributed by atoms with Crippen molar-refractivity contribution < 1.29 is 4.74 Å². The topological polar surface area (TPSA) is 9.23 Å². The lowest BCUT2D eigenvalue weighted by Gasteiger charge is -2.12. The second kappa shape index (κ2) is 5.92. The van der Waals surface area contributed by atoms with Crippen molar-refractivity contribution in [3.8, 4) is 5.75 Å². The molecule has 0 saturated heterocycles. The Morgan fingerprint density at radius 1 is 1.21 bits per heavy atom. The van der Waals surface area contributed by atoms with E-state index in [0.717, 1.165) is 12.2 Å². The summed E-state index contributed by atoms with van der Waals surface area (Å²) >= 11 is 5.87. The molecular formula is C12H17ClO. The Balaban J connectivity index is 2.71. The van der Waals surface area contributed by atoms with Crippen LogP contribution in [-0.4, -0.2) is 12.5 Å². The number of alkyl halides is 1. The van der Waals surface area contributed by atoms with E-state index in [0.29, 0.717) is 18.4 Å². The van der Waals surface area contributed by atoms with Gasteiger partial charge in [0.05, 0.1) is 6.61 Å². The molecule has 0 spiro atoms. The Bertz CT molecular complexity index is 252. The van der Waals surface area contributed by atoms with Gasteiger partial charge in [-0.3, -0.25) is 0 Å². The molecule has 0 radical (unpaired) electrons. The van der Waals surface area contributed by atoms with Gasteiger partial charge < -0.3 is 4.74 Å². The fraction of sp³-hybridized carbons (Fsp3) is 0.500. The maximum atomic E-state index is 5.87. The Hall–Kier alpha value is -0.690. The molecular weight excluding hydrogens is 196 g/mol. The van der Waals surface area contributed by atoms with E-state index in [1.165, 1.54) is 5.56 Å². The summed E-state index contributed by atoms with van der Waals surface area (Å²) < 4.78 is 5.37. The summed E-state index contributed by atoms with van der Waals surface area (Å²) in [6.07, 6.45) is 1.08. The lowest BCUT2D eigenvalue weighted by atomic mass is 9.99. The van der Waals surface area contributed by atoms with Crippen LogP contribution < -0.4 is 4.74 Å². The molecule has 0 fully saturated rings. The first kappa shape index (κ1) is 11.4. The van der Waals surface area contributed by atoms with Gasteiger partial charge >= 0.3 is 0 Å². The zero-order valence-electron chi connectivity index (χ0n) is 8.79. The molecule has 1 aromatic carbocycles. The summed E-state index contributed by atoms with van der Waals surface area (Å²) in [5.41, 5.74) is 1.30. The van der Waals surface area contributed by atoms with E-state index in [1.807, 2.05) is 19.1 Å². The molecule has 0 amide bonds. The normalized spacial score (nSPS) is 12.5. The van der Waals surface area contributed by atoms with Gasteiger partial charge in [-0.25, -0.2) is 0 Å². The van der Waals surface area contributed by atoms with Crippen LogP contribution in [0.2, 0.25) is 0 Å². The molecule has 1 aromatic rings. The number of benzene rings is 1. The molecule has 1 unspecified atom stereocenters. The first-order chi connectivity index (χ1) is 6.81.